The number of anilines is 1. The summed E-state index contributed by atoms with van der Waals surface area (Å²) in [6, 6.07) is 10.2. The second kappa shape index (κ2) is 11.8. The highest BCUT2D eigenvalue weighted by Crippen LogP contribution is 2.63. The number of sulfonamides is 1. The summed E-state index contributed by atoms with van der Waals surface area (Å²) in [5.74, 6) is -0.000508. The van der Waals surface area contributed by atoms with Crippen molar-refractivity contribution in [3.63, 3.8) is 0 Å². The van der Waals surface area contributed by atoms with Crippen molar-refractivity contribution in [3.8, 4) is 0 Å². The number of hydrogen-bond acceptors (Lipinski definition) is 9. The quantitative estimate of drug-likeness (QED) is 0.210. The van der Waals surface area contributed by atoms with Crippen LogP contribution in [0.5, 0.6) is 0 Å². The van der Waals surface area contributed by atoms with Gasteiger partial charge >= 0.3 is 6.09 Å². The maximum Gasteiger partial charge on any atom is 0.410 e. The molecule has 0 saturated carbocycles. The van der Waals surface area contributed by atoms with Crippen molar-refractivity contribution < 1.29 is 32.7 Å². The molecule has 2 saturated heterocycles. The fraction of sp³-hybridized carbons (Fsp3) is 0.571. The standard InChI is InChI=1S/C35H46N4O8S/c1-22(2)21-23-11-9-19-35-29-26(23)12-8-13-27(29)37(30(40)28-14-10-20-36(28)32(41)47-33(3,4)5)31(35)46-34(6,7)39(35)48(44,45)25-17-15-24(16-18-25)38(42)43/h8,12-13,15-18,21,23,28,30-31,40H,9-11,14,19-20H2,1-7H3/t23-,28+,30?,31+,35+/m1/s1. The Labute approximate surface area is 282 Å². The van der Waals surface area contributed by atoms with Crippen LogP contribution in [-0.4, -0.2) is 70.1 Å². The molecule has 0 aromatic heterocycles. The summed E-state index contributed by atoms with van der Waals surface area (Å²) >= 11 is 0. The highest BCUT2D eigenvalue weighted by Gasteiger charge is 2.71. The van der Waals surface area contributed by atoms with Crippen LogP contribution in [0.3, 0.4) is 0 Å². The van der Waals surface area contributed by atoms with E-state index in [1.165, 1.54) is 28.6 Å². The normalized spacial score (nSPS) is 27.2. The van der Waals surface area contributed by atoms with Crippen LogP contribution in [0.4, 0.5) is 16.2 Å². The molecule has 2 fully saturated rings. The third-order valence-corrected chi connectivity index (χ3v) is 12.0. The number of nitro groups is 1. The monoisotopic (exact) mass is 682 g/mol. The molecule has 3 heterocycles. The molecule has 1 spiro atoms. The molecular weight excluding hydrogens is 636 g/mol. The zero-order chi connectivity index (χ0) is 35.0. The lowest BCUT2D eigenvalue weighted by Crippen LogP contribution is -2.58. The van der Waals surface area contributed by atoms with Crippen LogP contribution in [0.25, 0.3) is 0 Å². The first-order valence-corrected chi connectivity index (χ1v) is 18.1. The van der Waals surface area contributed by atoms with Crippen molar-refractivity contribution in [2.24, 2.45) is 0 Å². The summed E-state index contributed by atoms with van der Waals surface area (Å²) < 4.78 is 43.7. The Balaban J connectivity index is 1.54. The Morgan fingerprint density at radius 2 is 1.81 bits per heavy atom. The Morgan fingerprint density at radius 1 is 1.12 bits per heavy atom. The van der Waals surface area contributed by atoms with Gasteiger partial charge in [0.1, 0.15) is 23.1 Å². The van der Waals surface area contributed by atoms with Crippen LogP contribution in [0.15, 0.2) is 59.0 Å². The number of nitro benzene ring substituents is 1. The predicted octanol–water partition coefficient (Wildman–Crippen LogP) is 6.35. The van der Waals surface area contributed by atoms with Crippen molar-refractivity contribution in [3.05, 3.63) is 75.4 Å². The average molecular weight is 683 g/mol. The van der Waals surface area contributed by atoms with Crippen LogP contribution in [0.2, 0.25) is 0 Å². The van der Waals surface area contributed by atoms with Gasteiger partial charge in [-0.1, -0.05) is 30.2 Å². The molecule has 13 heteroatoms. The molecule has 2 aromatic rings. The molecule has 1 unspecified atom stereocenters. The van der Waals surface area contributed by atoms with Crippen molar-refractivity contribution in [1.29, 1.82) is 0 Å². The molecule has 1 amide bonds. The van der Waals surface area contributed by atoms with E-state index in [0.717, 1.165) is 23.1 Å². The number of amides is 1. The van der Waals surface area contributed by atoms with E-state index in [1.54, 1.807) is 44.4 Å². The molecule has 1 N–H and O–H groups in total. The number of carbonyl (C=O) groups excluding carboxylic acids is 1. The van der Waals surface area contributed by atoms with Gasteiger partial charge < -0.3 is 24.4 Å². The molecule has 5 atom stereocenters. The lowest BCUT2D eigenvalue weighted by atomic mass is 9.83. The minimum absolute atomic E-state index is 0.000508. The number of aliphatic hydroxyl groups excluding tert-OH is 1. The van der Waals surface area contributed by atoms with E-state index >= 15 is 0 Å². The second-order valence-corrected chi connectivity index (χ2v) is 16.8. The van der Waals surface area contributed by atoms with Crippen molar-refractivity contribution in [1.82, 2.24) is 9.21 Å². The van der Waals surface area contributed by atoms with Gasteiger partial charge in [0.2, 0.25) is 10.0 Å². The lowest BCUT2D eigenvalue weighted by molar-refractivity contribution is -0.384. The Kier molecular flexibility index (Phi) is 8.46. The van der Waals surface area contributed by atoms with Crippen molar-refractivity contribution >= 4 is 27.5 Å². The van der Waals surface area contributed by atoms with E-state index in [1.807, 2.05) is 32.0 Å². The fourth-order valence-corrected chi connectivity index (χ4v) is 10.3. The Morgan fingerprint density at radius 3 is 2.44 bits per heavy atom. The highest BCUT2D eigenvalue weighted by molar-refractivity contribution is 7.89. The molecule has 48 heavy (non-hydrogen) atoms. The summed E-state index contributed by atoms with van der Waals surface area (Å²) in [4.78, 5) is 27.5. The van der Waals surface area contributed by atoms with Crippen LogP contribution >= 0.6 is 0 Å². The fourth-order valence-electron chi connectivity index (χ4n) is 8.33. The molecule has 260 valence electrons. The molecule has 3 aliphatic heterocycles. The largest absolute Gasteiger partial charge is 0.444 e. The zero-order valence-electron chi connectivity index (χ0n) is 28.7. The smallest absolute Gasteiger partial charge is 0.410 e. The zero-order valence-corrected chi connectivity index (χ0v) is 29.5. The number of allylic oxidation sites excluding steroid dienone is 2. The molecule has 6 rings (SSSR count). The summed E-state index contributed by atoms with van der Waals surface area (Å²) in [5, 5.41) is 23.8. The van der Waals surface area contributed by atoms with Gasteiger partial charge in [0, 0.05) is 35.8 Å². The molecule has 4 aliphatic rings. The first kappa shape index (κ1) is 34.3. The van der Waals surface area contributed by atoms with E-state index in [2.05, 4.69) is 6.08 Å². The van der Waals surface area contributed by atoms with Gasteiger partial charge in [-0.25, -0.2) is 13.2 Å². The van der Waals surface area contributed by atoms with E-state index < -0.39 is 56.4 Å². The summed E-state index contributed by atoms with van der Waals surface area (Å²) in [7, 11) is -4.33. The van der Waals surface area contributed by atoms with E-state index in [9.17, 15) is 28.4 Å². The van der Waals surface area contributed by atoms with Gasteiger partial charge in [-0.3, -0.25) is 10.1 Å². The molecule has 12 nitrogen and oxygen atoms in total. The van der Waals surface area contributed by atoms with E-state index in [4.69, 9.17) is 9.47 Å². The van der Waals surface area contributed by atoms with Gasteiger partial charge in [-0.05, 0) is 97.9 Å². The number of benzene rings is 2. The third kappa shape index (κ3) is 5.48. The SMILES string of the molecule is CC(C)=C[C@H]1CCC[C@]23c4c1cccc4N(C(O)[C@@H]1CCCN1C(=O)OC(C)(C)C)[C@H]2OC(C)(C)N3S(=O)(=O)c1ccc([N+](=O)[O-])cc1. The first-order chi connectivity index (χ1) is 22.4. The number of rotatable bonds is 6. The maximum absolute atomic E-state index is 14.9. The lowest BCUT2D eigenvalue weighted by Gasteiger charge is -2.41. The summed E-state index contributed by atoms with van der Waals surface area (Å²) in [6.45, 7) is 13.3. The van der Waals surface area contributed by atoms with Crippen LogP contribution in [-0.2, 0) is 25.0 Å². The minimum Gasteiger partial charge on any atom is -0.444 e. The predicted molar refractivity (Wildman–Crippen MR) is 180 cm³/mol. The first-order valence-electron chi connectivity index (χ1n) is 16.6. The minimum atomic E-state index is -4.33. The van der Waals surface area contributed by atoms with Crippen LogP contribution < -0.4 is 4.90 Å². The third-order valence-electron chi connectivity index (χ3n) is 9.85. The van der Waals surface area contributed by atoms with E-state index in [-0.39, 0.29) is 16.5 Å². The Hall–Kier alpha value is -3.52. The molecular formula is C35H46N4O8S. The number of hydrogen-bond donors (Lipinski definition) is 1. The summed E-state index contributed by atoms with van der Waals surface area (Å²) in [5.41, 5.74) is -0.0244. The topological polar surface area (TPSA) is 143 Å². The number of non-ortho nitro benzene ring substituents is 1. The Bertz CT molecular complexity index is 1750. The highest BCUT2D eigenvalue weighted by atomic mass is 32.2. The van der Waals surface area contributed by atoms with Gasteiger partial charge in [0.25, 0.3) is 5.69 Å². The van der Waals surface area contributed by atoms with Crippen molar-refractivity contribution in [2.75, 3.05) is 11.4 Å². The van der Waals surface area contributed by atoms with Crippen LogP contribution in [0, 0.1) is 10.1 Å². The number of aliphatic hydroxyl groups is 1. The van der Waals surface area contributed by atoms with Gasteiger partial charge in [0.15, 0.2) is 6.23 Å². The maximum atomic E-state index is 14.9. The summed E-state index contributed by atoms with van der Waals surface area (Å²) in [6.07, 6.45) is 2.60. The van der Waals surface area contributed by atoms with Crippen LogP contribution in [0.1, 0.15) is 97.6 Å². The molecule has 0 bridgehead atoms. The number of likely N-dealkylation sites (tertiary alicyclic amines) is 1. The van der Waals surface area contributed by atoms with E-state index in [0.29, 0.717) is 37.9 Å². The van der Waals surface area contributed by atoms with Gasteiger partial charge in [-0.15, -0.1) is 0 Å². The van der Waals surface area contributed by atoms with Crippen molar-refractivity contribution in [2.45, 2.75) is 127 Å². The van der Waals surface area contributed by atoms with Gasteiger partial charge in [-0.2, -0.15) is 4.31 Å². The molecule has 2 aromatic carbocycles. The molecule has 0 radical (unpaired) electrons. The van der Waals surface area contributed by atoms with Gasteiger partial charge in [0.05, 0.1) is 15.9 Å². The molecule has 1 aliphatic carbocycles. The average Bonchev–Trinajstić information content (AvgIpc) is 3.60. The number of carbonyl (C=O) groups is 1. The second-order valence-electron chi connectivity index (χ2n) is 15.0. The number of nitrogens with zero attached hydrogens (tertiary/aromatic N) is 4. The number of ether oxygens (including phenoxy) is 2.